The maximum atomic E-state index is 12.2. The molecule has 3 amide bonds. The van der Waals surface area contributed by atoms with E-state index in [-0.39, 0.29) is 11.9 Å². The number of halogens is 1. The number of carbonyl (C=O) groups excluding carboxylic acids is 2. The van der Waals surface area contributed by atoms with E-state index in [9.17, 15) is 9.59 Å². The number of imide groups is 1. The molecule has 21 heavy (non-hydrogen) atoms. The number of carbonyl (C=O) groups is 2. The molecule has 1 aromatic rings. The van der Waals surface area contributed by atoms with Crippen LogP contribution in [-0.2, 0) is 11.3 Å². The summed E-state index contributed by atoms with van der Waals surface area (Å²) in [4.78, 5) is 26.1. The monoisotopic (exact) mass is 352 g/mol. The minimum Gasteiger partial charge on any atom is -0.497 e. The summed E-state index contributed by atoms with van der Waals surface area (Å²) in [6, 6.07) is 5.35. The van der Waals surface area contributed by atoms with E-state index in [0.717, 1.165) is 41.5 Å². The second-order valence-electron chi connectivity index (χ2n) is 5.54. The van der Waals surface area contributed by atoms with Crippen LogP contribution in [0, 0.1) is 0 Å². The van der Waals surface area contributed by atoms with Gasteiger partial charge in [-0.15, -0.1) is 0 Å². The molecular formula is C15H17BrN2O3. The summed E-state index contributed by atoms with van der Waals surface area (Å²) in [5, 5.41) is 2.47. The third-order valence-electron chi connectivity index (χ3n) is 4.42. The predicted octanol–water partition coefficient (Wildman–Crippen LogP) is 2.82. The van der Waals surface area contributed by atoms with E-state index in [4.69, 9.17) is 4.74 Å². The number of benzene rings is 1. The molecule has 1 N–H and O–H groups in total. The molecule has 1 spiro atoms. The molecule has 1 aromatic carbocycles. The molecular weight excluding hydrogens is 336 g/mol. The van der Waals surface area contributed by atoms with E-state index in [1.54, 1.807) is 12.0 Å². The highest BCUT2D eigenvalue weighted by atomic mass is 79.9. The average Bonchev–Trinajstić information content (AvgIpc) is 3.04. The van der Waals surface area contributed by atoms with Gasteiger partial charge in [-0.2, -0.15) is 0 Å². The van der Waals surface area contributed by atoms with Crippen LogP contribution in [0.2, 0.25) is 0 Å². The van der Waals surface area contributed by atoms with Crippen molar-refractivity contribution >= 4 is 27.9 Å². The lowest BCUT2D eigenvalue weighted by Crippen LogP contribution is -2.46. The molecule has 2 aliphatic rings. The largest absolute Gasteiger partial charge is 0.497 e. The van der Waals surface area contributed by atoms with Crippen LogP contribution in [0.5, 0.6) is 5.75 Å². The molecule has 2 fully saturated rings. The van der Waals surface area contributed by atoms with Crippen LogP contribution in [0.3, 0.4) is 0 Å². The number of methoxy groups -OCH3 is 1. The van der Waals surface area contributed by atoms with Crippen LogP contribution in [0.15, 0.2) is 22.7 Å². The Morgan fingerprint density at radius 3 is 2.71 bits per heavy atom. The Labute approximate surface area is 131 Å². The second kappa shape index (κ2) is 5.33. The summed E-state index contributed by atoms with van der Waals surface area (Å²) in [7, 11) is 1.61. The van der Waals surface area contributed by atoms with Crippen molar-refractivity contribution in [2.45, 2.75) is 37.8 Å². The molecule has 1 aliphatic carbocycles. The van der Waals surface area contributed by atoms with Gasteiger partial charge in [0.2, 0.25) is 0 Å². The standard InChI is InChI=1S/C15H17BrN2O3/c1-21-11-4-5-12(16)10(8-11)9-18-14(20)17-13(19)15(18)6-2-3-7-15/h4-5,8H,2-3,6-7,9H2,1H3,(H,17,19,20). The van der Waals surface area contributed by atoms with E-state index in [2.05, 4.69) is 21.2 Å². The zero-order chi connectivity index (χ0) is 15.0. The number of rotatable bonds is 3. The summed E-state index contributed by atoms with van der Waals surface area (Å²) in [6.45, 7) is 0.398. The molecule has 5 nitrogen and oxygen atoms in total. The zero-order valence-electron chi connectivity index (χ0n) is 11.8. The Morgan fingerprint density at radius 2 is 2.05 bits per heavy atom. The molecule has 0 bridgehead atoms. The molecule has 0 radical (unpaired) electrons. The maximum Gasteiger partial charge on any atom is 0.325 e. The molecule has 0 aromatic heterocycles. The van der Waals surface area contributed by atoms with Gasteiger partial charge in [0.1, 0.15) is 11.3 Å². The summed E-state index contributed by atoms with van der Waals surface area (Å²) >= 11 is 3.50. The van der Waals surface area contributed by atoms with E-state index < -0.39 is 5.54 Å². The topological polar surface area (TPSA) is 58.6 Å². The minimum absolute atomic E-state index is 0.149. The predicted molar refractivity (Wildman–Crippen MR) is 81.0 cm³/mol. The molecule has 0 unspecified atom stereocenters. The Balaban J connectivity index is 1.92. The van der Waals surface area contributed by atoms with Gasteiger partial charge in [0, 0.05) is 11.0 Å². The number of urea groups is 1. The van der Waals surface area contributed by atoms with Crippen LogP contribution >= 0.6 is 15.9 Å². The Hall–Kier alpha value is -1.56. The molecule has 6 heteroatoms. The highest BCUT2D eigenvalue weighted by molar-refractivity contribution is 9.10. The van der Waals surface area contributed by atoms with Gasteiger partial charge in [-0.1, -0.05) is 28.8 Å². The quantitative estimate of drug-likeness (QED) is 0.851. The number of nitrogens with one attached hydrogen (secondary N) is 1. The van der Waals surface area contributed by atoms with E-state index in [1.165, 1.54) is 0 Å². The molecule has 1 saturated carbocycles. The third-order valence-corrected chi connectivity index (χ3v) is 5.19. The first kappa shape index (κ1) is 14.4. The van der Waals surface area contributed by atoms with Crippen LogP contribution in [0.1, 0.15) is 31.2 Å². The van der Waals surface area contributed by atoms with Crippen molar-refractivity contribution < 1.29 is 14.3 Å². The lowest BCUT2D eigenvalue weighted by molar-refractivity contribution is -0.126. The van der Waals surface area contributed by atoms with Gasteiger partial charge in [0.05, 0.1) is 7.11 Å². The highest BCUT2D eigenvalue weighted by Gasteiger charge is 2.53. The first-order valence-electron chi connectivity index (χ1n) is 7.02. The van der Waals surface area contributed by atoms with Crippen molar-refractivity contribution in [2.24, 2.45) is 0 Å². The van der Waals surface area contributed by atoms with Crippen molar-refractivity contribution in [3.8, 4) is 5.75 Å². The second-order valence-corrected chi connectivity index (χ2v) is 6.40. The Morgan fingerprint density at radius 1 is 1.33 bits per heavy atom. The van der Waals surface area contributed by atoms with Crippen molar-refractivity contribution in [1.82, 2.24) is 10.2 Å². The first-order valence-corrected chi connectivity index (χ1v) is 7.81. The Kier molecular flexibility index (Phi) is 3.65. The average molecular weight is 353 g/mol. The molecule has 112 valence electrons. The summed E-state index contributed by atoms with van der Waals surface area (Å²) in [6.07, 6.45) is 3.45. The van der Waals surface area contributed by atoms with Crippen LogP contribution < -0.4 is 10.1 Å². The SMILES string of the molecule is COc1ccc(Br)c(CN2C(=O)NC(=O)C23CCCC3)c1. The van der Waals surface area contributed by atoms with Gasteiger partial charge in [0.25, 0.3) is 5.91 Å². The first-order chi connectivity index (χ1) is 10.1. The van der Waals surface area contributed by atoms with Crippen molar-refractivity contribution in [3.05, 3.63) is 28.2 Å². The highest BCUT2D eigenvalue weighted by Crippen LogP contribution is 2.40. The van der Waals surface area contributed by atoms with Crippen molar-refractivity contribution in [3.63, 3.8) is 0 Å². The number of amides is 3. The Bertz CT molecular complexity index is 597. The molecule has 1 saturated heterocycles. The summed E-state index contributed by atoms with van der Waals surface area (Å²) in [5.41, 5.74) is 0.282. The lowest BCUT2D eigenvalue weighted by atomic mass is 9.95. The fourth-order valence-corrected chi connectivity index (χ4v) is 3.62. The van der Waals surface area contributed by atoms with E-state index >= 15 is 0 Å². The van der Waals surface area contributed by atoms with Crippen molar-refractivity contribution in [2.75, 3.05) is 7.11 Å². The third kappa shape index (κ3) is 2.31. The van der Waals surface area contributed by atoms with E-state index in [0.29, 0.717) is 6.54 Å². The van der Waals surface area contributed by atoms with Gasteiger partial charge >= 0.3 is 6.03 Å². The fraction of sp³-hybridized carbons (Fsp3) is 0.467. The maximum absolute atomic E-state index is 12.2. The molecule has 3 rings (SSSR count). The number of nitrogens with zero attached hydrogens (tertiary/aromatic N) is 1. The normalized spacial score (nSPS) is 20.2. The van der Waals surface area contributed by atoms with E-state index in [1.807, 2.05) is 18.2 Å². The smallest absolute Gasteiger partial charge is 0.325 e. The van der Waals surface area contributed by atoms with Crippen LogP contribution in [-0.4, -0.2) is 29.5 Å². The number of hydrogen-bond donors (Lipinski definition) is 1. The fourth-order valence-electron chi connectivity index (χ4n) is 3.25. The number of hydrogen-bond acceptors (Lipinski definition) is 3. The zero-order valence-corrected chi connectivity index (χ0v) is 13.4. The van der Waals surface area contributed by atoms with Gasteiger partial charge in [0.15, 0.2) is 0 Å². The van der Waals surface area contributed by atoms with Gasteiger partial charge in [-0.05, 0) is 36.6 Å². The lowest BCUT2D eigenvalue weighted by Gasteiger charge is -2.31. The summed E-state index contributed by atoms with van der Waals surface area (Å²) < 4.78 is 6.14. The number of ether oxygens (including phenoxy) is 1. The molecule has 0 atom stereocenters. The van der Waals surface area contributed by atoms with Crippen molar-refractivity contribution in [1.29, 1.82) is 0 Å². The summed E-state index contributed by atoms with van der Waals surface area (Å²) in [5.74, 6) is 0.587. The van der Waals surface area contributed by atoms with Gasteiger partial charge in [-0.25, -0.2) is 4.79 Å². The van der Waals surface area contributed by atoms with Crippen LogP contribution in [0.25, 0.3) is 0 Å². The molecule has 1 aliphatic heterocycles. The van der Waals surface area contributed by atoms with Gasteiger partial charge < -0.3 is 9.64 Å². The van der Waals surface area contributed by atoms with Gasteiger partial charge in [-0.3, -0.25) is 10.1 Å². The minimum atomic E-state index is -0.653. The van der Waals surface area contributed by atoms with Crippen LogP contribution in [0.4, 0.5) is 4.79 Å². The molecule has 1 heterocycles.